The predicted octanol–water partition coefficient (Wildman–Crippen LogP) is 4.25. The fourth-order valence-corrected chi connectivity index (χ4v) is 5.02. The minimum atomic E-state index is -0.173. The van der Waals surface area contributed by atoms with E-state index in [1.807, 2.05) is 18.2 Å². The van der Waals surface area contributed by atoms with Gasteiger partial charge in [-0.15, -0.1) is 0 Å². The van der Waals surface area contributed by atoms with Crippen LogP contribution in [0.2, 0.25) is 0 Å². The van der Waals surface area contributed by atoms with Gasteiger partial charge in [-0.25, -0.2) is 9.37 Å². The number of aromatic nitrogens is 1. The van der Waals surface area contributed by atoms with E-state index in [9.17, 15) is 4.39 Å². The molecule has 2 fully saturated rings. The van der Waals surface area contributed by atoms with Crippen LogP contribution >= 0.6 is 0 Å². The summed E-state index contributed by atoms with van der Waals surface area (Å²) in [6.07, 6.45) is 3.43. The number of methoxy groups -OCH3 is 1. The van der Waals surface area contributed by atoms with Crippen LogP contribution in [0.4, 0.5) is 10.1 Å². The van der Waals surface area contributed by atoms with E-state index in [0.717, 1.165) is 37.4 Å². The molecule has 1 aromatic carbocycles. The van der Waals surface area contributed by atoms with Crippen LogP contribution in [0.3, 0.4) is 0 Å². The summed E-state index contributed by atoms with van der Waals surface area (Å²) in [7, 11) is 1.65. The van der Waals surface area contributed by atoms with E-state index in [4.69, 9.17) is 4.74 Å². The van der Waals surface area contributed by atoms with Crippen molar-refractivity contribution in [1.82, 2.24) is 9.88 Å². The SMILES string of the molecule is COc1cccc(CN2CCCC23CN(c2cccc(F)c2)C(C)(C)C3)n1. The first-order valence-electron chi connectivity index (χ1n) is 9.70. The number of halogens is 1. The fourth-order valence-electron chi connectivity index (χ4n) is 5.02. The van der Waals surface area contributed by atoms with E-state index >= 15 is 0 Å². The van der Waals surface area contributed by atoms with E-state index in [-0.39, 0.29) is 16.9 Å². The Morgan fingerprint density at radius 1 is 1.19 bits per heavy atom. The van der Waals surface area contributed by atoms with Crippen molar-refractivity contribution in [3.63, 3.8) is 0 Å². The lowest BCUT2D eigenvalue weighted by Gasteiger charge is -2.35. The smallest absolute Gasteiger partial charge is 0.213 e. The second kappa shape index (κ2) is 6.79. The Labute approximate surface area is 161 Å². The summed E-state index contributed by atoms with van der Waals surface area (Å²) in [5.74, 6) is 0.488. The standard InChI is InChI=1S/C22H28FN3O/c1-21(2)15-22(16-26(21)19-9-4-7-17(23)13-19)11-6-12-25(22)14-18-8-5-10-20(24-18)27-3/h4-5,7-10,13H,6,11-12,14-16H2,1-3H3. The molecule has 0 bridgehead atoms. The monoisotopic (exact) mass is 369 g/mol. The van der Waals surface area contributed by atoms with Crippen molar-refractivity contribution in [1.29, 1.82) is 0 Å². The van der Waals surface area contributed by atoms with Gasteiger partial charge in [0, 0.05) is 35.9 Å². The molecule has 0 amide bonds. The van der Waals surface area contributed by atoms with Crippen molar-refractivity contribution >= 4 is 5.69 Å². The average Bonchev–Trinajstić information content (AvgIpc) is 3.14. The molecule has 1 unspecified atom stereocenters. The normalized spacial score (nSPS) is 24.7. The molecule has 4 rings (SSSR count). The van der Waals surface area contributed by atoms with Gasteiger partial charge in [0.15, 0.2) is 0 Å². The molecule has 5 heteroatoms. The van der Waals surface area contributed by atoms with Crippen molar-refractivity contribution < 1.29 is 9.13 Å². The van der Waals surface area contributed by atoms with Crippen LogP contribution in [0.15, 0.2) is 42.5 Å². The molecular weight excluding hydrogens is 341 g/mol. The first kappa shape index (κ1) is 18.2. The maximum Gasteiger partial charge on any atom is 0.213 e. The molecule has 0 aliphatic carbocycles. The lowest BCUT2D eigenvalue weighted by Crippen LogP contribution is -2.45. The zero-order valence-electron chi connectivity index (χ0n) is 16.4. The number of anilines is 1. The lowest BCUT2D eigenvalue weighted by atomic mass is 9.87. The summed E-state index contributed by atoms with van der Waals surface area (Å²) in [5.41, 5.74) is 2.11. The zero-order valence-corrected chi connectivity index (χ0v) is 16.4. The third-order valence-electron chi connectivity index (χ3n) is 6.15. The van der Waals surface area contributed by atoms with Crippen LogP contribution < -0.4 is 9.64 Å². The Morgan fingerprint density at radius 3 is 2.78 bits per heavy atom. The molecule has 1 aromatic heterocycles. The number of benzene rings is 1. The highest BCUT2D eigenvalue weighted by atomic mass is 19.1. The van der Waals surface area contributed by atoms with Crippen molar-refractivity contribution in [3.05, 3.63) is 54.0 Å². The molecule has 27 heavy (non-hydrogen) atoms. The Kier molecular flexibility index (Phi) is 4.58. The third kappa shape index (κ3) is 3.41. The first-order valence-corrected chi connectivity index (χ1v) is 9.70. The highest BCUT2D eigenvalue weighted by Gasteiger charge is 2.53. The van der Waals surface area contributed by atoms with Crippen LogP contribution in [0.25, 0.3) is 0 Å². The fraction of sp³-hybridized carbons (Fsp3) is 0.500. The largest absolute Gasteiger partial charge is 0.481 e. The van der Waals surface area contributed by atoms with Crippen molar-refractivity contribution in [2.45, 2.75) is 50.7 Å². The lowest BCUT2D eigenvalue weighted by molar-refractivity contribution is 0.139. The number of rotatable bonds is 4. The van der Waals surface area contributed by atoms with E-state index in [1.165, 1.54) is 18.9 Å². The molecule has 1 atom stereocenters. The minimum absolute atomic E-state index is 0.0157. The summed E-state index contributed by atoms with van der Waals surface area (Å²) in [6.45, 7) is 7.36. The number of likely N-dealkylation sites (tertiary alicyclic amines) is 1. The van der Waals surface area contributed by atoms with Crippen LogP contribution in [-0.2, 0) is 6.54 Å². The molecule has 2 aliphatic rings. The first-order chi connectivity index (χ1) is 12.9. The zero-order chi connectivity index (χ0) is 19.1. The molecule has 4 nitrogen and oxygen atoms in total. The van der Waals surface area contributed by atoms with Crippen molar-refractivity contribution in [2.24, 2.45) is 0 Å². The van der Waals surface area contributed by atoms with Gasteiger partial charge in [0.1, 0.15) is 5.82 Å². The number of nitrogens with zero attached hydrogens (tertiary/aromatic N) is 3. The third-order valence-corrected chi connectivity index (χ3v) is 6.15. The van der Waals surface area contributed by atoms with Crippen LogP contribution in [0.5, 0.6) is 5.88 Å². The van der Waals surface area contributed by atoms with Crippen LogP contribution in [0.1, 0.15) is 38.8 Å². The molecule has 0 saturated carbocycles. The summed E-state index contributed by atoms with van der Waals surface area (Å²) < 4.78 is 19.1. The number of hydrogen-bond acceptors (Lipinski definition) is 4. The van der Waals surface area contributed by atoms with Gasteiger partial charge >= 0.3 is 0 Å². The molecule has 0 radical (unpaired) electrons. The van der Waals surface area contributed by atoms with E-state index in [2.05, 4.69) is 34.7 Å². The van der Waals surface area contributed by atoms with Gasteiger partial charge in [0.2, 0.25) is 5.88 Å². The Hall–Kier alpha value is -2.14. The molecule has 1 spiro atoms. The van der Waals surface area contributed by atoms with Gasteiger partial charge in [-0.3, -0.25) is 4.90 Å². The molecule has 2 saturated heterocycles. The van der Waals surface area contributed by atoms with Crippen molar-refractivity contribution in [2.75, 3.05) is 25.1 Å². The molecule has 0 N–H and O–H groups in total. The Bertz CT molecular complexity index is 825. The molecule has 3 heterocycles. The number of pyridine rings is 1. The Morgan fingerprint density at radius 2 is 2.00 bits per heavy atom. The minimum Gasteiger partial charge on any atom is -0.481 e. The summed E-state index contributed by atoms with van der Waals surface area (Å²) >= 11 is 0. The van der Waals surface area contributed by atoms with Gasteiger partial charge in [-0.2, -0.15) is 0 Å². The second-order valence-corrected chi connectivity index (χ2v) is 8.48. The molecule has 2 aliphatic heterocycles. The summed E-state index contributed by atoms with van der Waals surface area (Å²) in [4.78, 5) is 9.57. The van der Waals surface area contributed by atoms with E-state index in [1.54, 1.807) is 19.2 Å². The average molecular weight is 369 g/mol. The van der Waals surface area contributed by atoms with E-state index < -0.39 is 0 Å². The topological polar surface area (TPSA) is 28.6 Å². The second-order valence-electron chi connectivity index (χ2n) is 8.48. The highest BCUT2D eigenvalue weighted by molar-refractivity contribution is 5.52. The molecular formula is C22H28FN3O. The van der Waals surface area contributed by atoms with Gasteiger partial charge in [-0.05, 0) is 63.9 Å². The summed E-state index contributed by atoms with van der Waals surface area (Å²) in [6, 6.07) is 12.9. The highest BCUT2D eigenvalue weighted by Crippen LogP contribution is 2.47. The van der Waals surface area contributed by atoms with Gasteiger partial charge in [-0.1, -0.05) is 12.1 Å². The Balaban J connectivity index is 1.60. The number of hydrogen-bond donors (Lipinski definition) is 0. The van der Waals surface area contributed by atoms with Gasteiger partial charge < -0.3 is 9.64 Å². The quantitative estimate of drug-likeness (QED) is 0.805. The van der Waals surface area contributed by atoms with Crippen LogP contribution in [0, 0.1) is 5.82 Å². The van der Waals surface area contributed by atoms with Crippen LogP contribution in [-0.4, -0.2) is 41.2 Å². The number of ether oxygens (including phenoxy) is 1. The summed E-state index contributed by atoms with van der Waals surface area (Å²) in [5, 5.41) is 0. The van der Waals surface area contributed by atoms with E-state index in [0.29, 0.717) is 5.88 Å². The predicted molar refractivity (Wildman–Crippen MR) is 106 cm³/mol. The van der Waals surface area contributed by atoms with Gasteiger partial charge in [0.25, 0.3) is 0 Å². The molecule has 144 valence electrons. The van der Waals surface area contributed by atoms with Gasteiger partial charge in [0.05, 0.1) is 12.8 Å². The maximum absolute atomic E-state index is 13.8. The van der Waals surface area contributed by atoms with Crippen molar-refractivity contribution in [3.8, 4) is 5.88 Å². The molecule has 2 aromatic rings. The maximum atomic E-state index is 13.8.